The molecule has 3 aromatic heterocycles. The van der Waals surface area contributed by atoms with Crippen molar-refractivity contribution in [3.63, 3.8) is 0 Å². The van der Waals surface area contributed by atoms with Gasteiger partial charge in [0.15, 0.2) is 5.65 Å². The van der Waals surface area contributed by atoms with Gasteiger partial charge in [-0.25, -0.2) is 9.97 Å². The zero-order valence-electron chi connectivity index (χ0n) is 15.3. The number of rotatable bonds is 5. The van der Waals surface area contributed by atoms with Gasteiger partial charge in [0.2, 0.25) is 5.82 Å². The predicted octanol–water partition coefficient (Wildman–Crippen LogP) is 3.66. The summed E-state index contributed by atoms with van der Waals surface area (Å²) in [5.74, 6) is 0.0404. The van der Waals surface area contributed by atoms with Crippen LogP contribution < -0.4 is 5.32 Å². The maximum atomic E-state index is 12.6. The quantitative estimate of drug-likeness (QED) is 0.563. The Morgan fingerprint density at radius 2 is 1.89 bits per heavy atom. The number of amides is 1. The van der Waals surface area contributed by atoms with E-state index in [4.69, 9.17) is 11.6 Å². The molecule has 140 valence electrons. The van der Waals surface area contributed by atoms with Crippen molar-refractivity contribution in [3.8, 4) is 11.3 Å². The number of fused-ring (bicyclic) bond motifs is 1. The standard InChI is InChI=1S/C21H18ClN5O/c1-27-17-13-16(22)18(14-7-3-2-4-8-14)25-19(17)26-20(27)21(28)24-12-10-15-9-5-6-11-23-15/h2-9,11,13H,10,12H2,1H3,(H,24,28). The van der Waals surface area contributed by atoms with Crippen molar-refractivity contribution >= 4 is 28.7 Å². The fourth-order valence-electron chi connectivity index (χ4n) is 3.02. The van der Waals surface area contributed by atoms with Crippen LogP contribution in [-0.2, 0) is 13.5 Å². The Bertz CT molecular complexity index is 1130. The Labute approximate surface area is 167 Å². The number of nitrogens with one attached hydrogen (secondary N) is 1. The summed E-state index contributed by atoms with van der Waals surface area (Å²) in [6, 6.07) is 17.2. The minimum atomic E-state index is -0.256. The van der Waals surface area contributed by atoms with E-state index in [0.29, 0.717) is 40.7 Å². The van der Waals surface area contributed by atoms with E-state index in [2.05, 4.69) is 20.3 Å². The minimum absolute atomic E-state index is 0.256. The molecule has 28 heavy (non-hydrogen) atoms. The van der Waals surface area contributed by atoms with Gasteiger partial charge < -0.3 is 9.88 Å². The lowest BCUT2D eigenvalue weighted by Gasteiger charge is -2.05. The van der Waals surface area contributed by atoms with E-state index >= 15 is 0 Å². The first-order valence-corrected chi connectivity index (χ1v) is 9.28. The van der Waals surface area contributed by atoms with Gasteiger partial charge in [0.1, 0.15) is 0 Å². The highest BCUT2D eigenvalue weighted by molar-refractivity contribution is 6.33. The van der Waals surface area contributed by atoms with Gasteiger partial charge in [-0.1, -0.05) is 48.0 Å². The molecule has 0 fully saturated rings. The lowest BCUT2D eigenvalue weighted by molar-refractivity contribution is 0.0941. The molecule has 4 rings (SSSR count). The van der Waals surface area contributed by atoms with Crippen LogP contribution in [0, 0.1) is 0 Å². The second kappa shape index (κ2) is 7.78. The molecule has 0 unspecified atom stereocenters. The van der Waals surface area contributed by atoms with Crippen molar-refractivity contribution in [2.45, 2.75) is 6.42 Å². The number of carbonyl (C=O) groups excluding carboxylic acids is 1. The van der Waals surface area contributed by atoms with Crippen molar-refractivity contribution < 1.29 is 4.79 Å². The van der Waals surface area contributed by atoms with E-state index < -0.39 is 0 Å². The Kier molecular flexibility index (Phi) is 5.04. The molecule has 1 N–H and O–H groups in total. The average Bonchev–Trinajstić information content (AvgIpc) is 3.04. The normalized spacial score (nSPS) is 10.9. The molecule has 0 aliphatic heterocycles. The van der Waals surface area contributed by atoms with Gasteiger partial charge in [0.25, 0.3) is 5.91 Å². The summed E-state index contributed by atoms with van der Waals surface area (Å²) in [5, 5.41) is 3.40. The fourth-order valence-corrected chi connectivity index (χ4v) is 3.27. The van der Waals surface area contributed by atoms with Crippen molar-refractivity contribution in [1.82, 2.24) is 24.8 Å². The summed E-state index contributed by atoms with van der Waals surface area (Å²) in [6.45, 7) is 0.475. The third-order valence-corrected chi connectivity index (χ3v) is 4.76. The highest BCUT2D eigenvalue weighted by atomic mass is 35.5. The second-order valence-corrected chi connectivity index (χ2v) is 6.76. The minimum Gasteiger partial charge on any atom is -0.349 e. The lowest BCUT2D eigenvalue weighted by atomic mass is 10.1. The number of benzene rings is 1. The molecule has 1 amide bonds. The highest BCUT2D eigenvalue weighted by Gasteiger charge is 2.18. The largest absolute Gasteiger partial charge is 0.349 e. The van der Waals surface area contributed by atoms with Crippen LogP contribution in [0.1, 0.15) is 16.3 Å². The first kappa shape index (κ1) is 18.1. The molecule has 0 radical (unpaired) electrons. The smallest absolute Gasteiger partial charge is 0.287 e. The maximum absolute atomic E-state index is 12.6. The van der Waals surface area contributed by atoms with E-state index in [9.17, 15) is 4.79 Å². The number of hydrogen-bond acceptors (Lipinski definition) is 4. The summed E-state index contributed by atoms with van der Waals surface area (Å²) in [4.78, 5) is 25.9. The van der Waals surface area contributed by atoms with Crippen LogP contribution in [0.4, 0.5) is 0 Å². The van der Waals surface area contributed by atoms with Crippen LogP contribution in [0.5, 0.6) is 0 Å². The number of hydrogen-bond donors (Lipinski definition) is 1. The van der Waals surface area contributed by atoms with Crippen molar-refractivity contribution in [1.29, 1.82) is 0 Å². The number of pyridine rings is 2. The van der Waals surface area contributed by atoms with Crippen LogP contribution in [0.2, 0.25) is 5.02 Å². The molecule has 0 bridgehead atoms. The van der Waals surface area contributed by atoms with Gasteiger partial charge in [-0.3, -0.25) is 9.78 Å². The van der Waals surface area contributed by atoms with Gasteiger partial charge in [-0.05, 0) is 18.2 Å². The summed E-state index contributed by atoms with van der Waals surface area (Å²) in [6.07, 6.45) is 2.39. The Balaban J connectivity index is 1.57. The zero-order chi connectivity index (χ0) is 19.5. The van der Waals surface area contributed by atoms with E-state index in [-0.39, 0.29) is 5.91 Å². The molecule has 6 nitrogen and oxygen atoms in total. The molecule has 4 aromatic rings. The van der Waals surface area contributed by atoms with Gasteiger partial charge >= 0.3 is 0 Å². The molecular weight excluding hydrogens is 374 g/mol. The van der Waals surface area contributed by atoms with Crippen LogP contribution in [0.15, 0.2) is 60.8 Å². The van der Waals surface area contributed by atoms with Gasteiger partial charge in [-0.15, -0.1) is 0 Å². The molecular formula is C21H18ClN5O. The third kappa shape index (κ3) is 3.59. The fraction of sp³-hybridized carbons (Fsp3) is 0.143. The number of halogens is 1. The SMILES string of the molecule is Cn1c(C(=O)NCCc2ccccn2)nc2nc(-c3ccccc3)c(Cl)cc21. The second-order valence-electron chi connectivity index (χ2n) is 6.35. The average molecular weight is 392 g/mol. The number of aromatic nitrogens is 4. The highest BCUT2D eigenvalue weighted by Crippen LogP contribution is 2.29. The zero-order valence-corrected chi connectivity index (χ0v) is 16.0. The Morgan fingerprint density at radius 3 is 2.64 bits per heavy atom. The lowest BCUT2D eigenvalue weighted by Crippen LogP contribution is -2.28. The number of nitrogens with zero attached hydrogens (tertiary/aromatic N) is 4. The van der Waals surface area contributed by atoms with E-state index in [1.54, 1.807) is 23.9 Å². The monoisotopic (exact) mass is 391 g/mol. The van der Waals surface area contributed by atoms with Crippen LogP contribution in [0.3, 0.4) is 0 Å². The summed E-state index contributed by atoms with van der Waals surface area (Å²) < 4.78 is 1.71. The first-order valence-electron chi connectivity index (χ1n) is 8.90. The molecule has 0 aliphatic rings. The van der Waals surface area contributed by atoms with Crippen LogP contribution >= 0.6 is 11.6 Å². The van der Waals surface area contributed by atoms with Gasteiger partial charge in [0.05, 0.1) is 16.2 Å². The maximum Gasteiger partial charge on any atom is 0.287 e. The molecule has 0 aliphatic carbocycles. The molecule has 1 aromatic carbocycles. The van der Waals surface area contributed by atoms with E-state index in [0.717, 1.165) is 11.3 Å². The molecule has 0 saturated heterocycles. The molecule has 3 heterocycles. The number of imidazole rings is 1. The molecule has 0 atom stereocenters. The van der Waals surface area contributed by atoms with Gasteiger partial charge in [-0.2, -0.15) is 0 Å². The Hall–Kier alpha value is -3.25. The van der Waals surface area contributed by atoms with Crippen molar-refractivity contribution in [3.05, 3.63) is 77.3 Å². The van der Waals surface area contributed by atoms with Crippen LogP contribution in [-0.4, -0.2) is 32.0 Å². The molecule has 0 spiro atoms. The first-order chi connectivity index (χ1) is 13.6. The van der Waals surface area contributed by atoms with E-state index in [1.165, 1.54) is 0 Å². The molecule has 7 heteroatoms. The van der Waals surface area contributed by atoms with Crippen molar-refractivity contribution in [2.24, 2.45) is 7.05 Å². The van der Waals surface area contributed by atoms with E-state index in [1.807, 2.05) is 48.5 Å². The Morgan fingerprint density at radius 1 is 1.11 bits per heavy atom. The van der Waals surface area contributed by atoms with Crippen LogP contribution in [0.25, 0.3) is 22.4 Å². The topological polar surface area (TPSA) is 72.7 Å². The van der Waals surface area contributed by atoms with Crippen molar-refractivity contribution in [2.75, 3.05) is 6.54 Å². The summed E-state index contributed by atoms with van der Waals surface area (Å²) in [7, 11) is 1.78. The van der Waals surface area contributed by atoms with Gasteiger partial charge in [0, 0.05) is 37.5 Å². The summed E-state index contributed by atoms with van der Waals surface area (Å²) >= 11 is 6.44. The number of carbonyl (C=O) groups is 1. The number of aryl methyl sites for hydroxylation is 1. The predicted molar refractivity (Wildman–Crippen MR) is 109 cm³/mol. The third-order valence-electron chi connectivity index (χ3n) is 4.47. The summed E-state index contributed by atoms with van der Waals surface area (Å²) in [5.41, 5.74) is 3.67. The molecule has 0 saturated carbocycles.